The molecule has 0 saturated carbocycles. The van der Waals surface area contributed by atoms with Gasteiger partial charge in [0, 0.05) is 29.7 Å². The number of alkyl carbamates (subject to hydrolysis) is 1. The molecule has 0 aliphatic rings. The molecule has 6 heteroatoms. The fraction of sp³-hybridized carbons (Fsp3) is 0.750. The first-order valence-electron chi connectivity index (χ1n) is 7.78. The number of rotatable bonds is 7. The third kappa shape index (κ3) is 7.75. The van der Waals surface area contributed by atoms with Crippen LogP contribution in [0.1, 0.15) is 58.9 Å². The summed E-state index contributed by atoms with van der Waals surface area (Å²) >= 11 is 1.64. The summed E-state index contributed by atoms with van der Waals surface area (Å²) in [6.07, 6.45) is 2.50. The zero-order chi connectivity index (χ0) is 16.8. The van der Waals surface area contributed by atoms with Crippen molar-refractivity contribution in [3.63, 3.8) is 0 Å². The molecule has 0 aliphatic heterocycles. The van der Waals surface area contributed by atoms with E-state index in [1.54, 1.807) is 11.3 Å². The van der Waals surface area contributed by atoms with Gasteiger partial charge in [-0.3, -0.25) is 4.98 Å². The summed E-state index contributed by atoms with van der Waals surface area (Å²) in [5.74, 6) is 0.548. The lowest BCUT2D eigenvalue weighted by molar-refractivity contribution is 0.0520. The van der Waals surface area contributed by atoms with Crippen LogP contribution in [0.4, 0.5) is 4.79 Å². The maximum Gasteiger partial charge on any atom is 0.407 e. The molecular formula is C16H29N3O2S. The number of carbonyl (C=O) groups excluding carboxylic acids is 1. The molecule has 0 bridgehead atoms. The third-order valence-electron chi connectivity index (χ3n) is 3.01. The smallest absolute Gasteiger partial charge is 0.407 e. The standard InChI is InChI=1S/C16H29N3O2S/c1-11(2)7-13(8-18-15(20)21-16(4,5)6)19-12(3)14-9-17-10-22-14/h9-13,19H,7-8H2,1-6H3,(H,18,20). The van der Waals surface area contributed by atoms with E-state index >= 15 is 0 Å². The van der Waals surface area contributed by atoms with Crippen LogP contribution >= 0.6 is 11.3 Å². The molecule has 1 rings (SSSR count). The molecule has 1 amide bonds. The van der Waals surface area contributed by atoms with Crippen LogP contribution in [0, 0.1) is 5.92 Å². The molecule has 1 heterocycles. The molecule has 2 N–H and O–H groups in total. The van der Waals surface area contributed by atoms with Gasteiger partial charge in [0.1, 0.15) is 5.60 Å². The fourth-order valence-electron chi connectivity index (χ4n) is 2.18. The Bertz CT molecular complexity index is 441. The number of nitrogens with one attached hydrogen (secondary N) is 2. The normalized spacial score (nSPS) is 14.7. The summed E-state index contributed by atoms with van der Waals surface area (Å²) in [5, 5.41) is 6.43. The molecular weight excluding hydrogens is 298 g/mol. The average Bonchev–Trinajstić information content (AvgIpc) is 2.86. The van der Waals surface area contributed by atoms with Gasteiger partial charge in [-0.25, -0.2) is 4.79 Å². The maximum absolute atomic E-state index is 11.8. The second-order valence-electron chi connectivity index (χ2n) is 7.00. The summed E-state index contributed by atoms with van der Waals surface area (Å²) in [4.78, 5) is 17.1. The average molecular weight is 327 g/mol. The van der Waals surface area contributed by atoms with Gasteiger partial charge in [0.05, 0.1) is 5.51 Å². The van der Waals surface area contributed by atoms with E-state index in [1.165, 1.54) is 4.88 Å². The van der Waals surface area contributed by atoms with E-state index in [0.29, 0.717) is 12.5 Å². The second-order valence-corrected chi connectivity index (χ2v) is 7.92. The first-order chi connectivity index (χ1) is 10.2. The zero-order valence-electron chi connectivity index (χ0n) is 14.5. The van der Waals surface area contributed by atoms with Gasteiger partial charge < -0.3 is 15.4 Å². The van der Waals surface area contributed by atoms with Gasteiger partial charge in [0.25, 0.3) is 0 Å². The molecule has 0 saturated heterocycles. The molecule has 1 aromatic heterocycles. The van der Waals surface area contributed by atoms with E-state index in [0.717, 1.165) is 6.42 Å². The minimum Gasteiger partial charge on any atom is -0.444 e. The molecule has 2 atom stereocenters. The summed E-state index contributed by atoms with van der Waals surface area (Å²) in [6.45, 7) is 12.6. The van der Waals surface area contributed by atoms with Crippen LogP contribution in [0.2, 0.25) is 0 Å². The Kier molecular flexibility index (Phi) is 7.29. The molecule has 0 aliphatic carbocycles. The monoisotopic (exact) mass is 327 g/mol. The van der Waals surface area contributed by atoms with Crippen molar-refractivity contribution < 1.29 is 9.53 Å². The fourth-order valence-corrected chi connectivity index (χ4v) is 2.81. The highest BCUT2D eigenvalue weighted by Crippen LogP contribution is 2.18. The topological polar surface area (TPSA) is 63.2 Å². The lowest BCUT2D eigenvalue weighted by Crippen LogP contribution is -2.44. The summed E-state index contributed by atoms with van der Waals surface area (Å²) in [7, 11) is 0. The summed E-state index contributed by atoms with van der Waals surface area (Å²) in [6, 6.07) is 0.418. The van der Waals surface area contributed by atoms with Crippen molar-refractivity contribution in [1.29, 1.82) is 0 Å². The molecule has 0 radical (unpaired) electrons. The highest BCUT2D eigenvalue weighted by molar-refractivity contribution is 7.09. The van der Waals surface area contributed by atoms with E-state index in [1.807, 2.05) is 32.5 Å². The Labute approximate surface area is 137 Å². The molecule has 0 fully saturated rings. The summed E-state index contributed by atoms with van der Waals surface area (Å²) < 4.78 is 5.28. The predicted octanol–water partition coefficient (Wildman–Crippen LogP) is 3.73. The molecule has 126 valence electrons. The van der Waals surface area contributed by atoms with E-state index < -0.39 is 5.60 Å². The first-order valence-corrected chi connectivity index (χ1v) is 8.66. The Hall–Kier alpha value is -1.14. The van der Waals surface area contributed by atoms with Gasteiger partial charge in [0.15, 0.2) is 0 Å². The Morgan fingerprint density at radius 2 is 2.05 bits per heavy atom. The van der Waals surface area contributed by atoms with Gasteiger partial charge >= 0.3 is 6.09 Å². The van der Waals surface area contributed by atoms with E-state index in [2.05, 4.69) is 36.4 Å². The molecule has 5 nitrogen and oxygen atoms in total. The molecule has 0 spiro atoms. The lowest BCUT2D eigenvalue weighted by atomic mass is 10.0. The number of aromatic nitrogens is 1. The van der Waals surface area contributed by atoms with E-state index in [4.69, 9.17) is 4.74 Å². The Balaban J connectivity index is 2.52. The molecule has 22 heavy (non-hydrogen) atoms. The number of ether oxygens (including phenoxy) is 1. The van der Waals surface area contributed by atoms with Crippen LogP contribution in [0.15, 0.2) is 11.7 Å². The third-order valence-corrected chi connectivity index (χ3v) is 3.97. The van der Waals surface area contributed by atoms with Gasteiger partial charge in [-0.1, -0.05) is 13.8 Å². The predicted molar refractivity (Wildman–Crippen MR) is 91.1 cm³/mol. The quantitative estimate of drug-likeness (QED) is 0.801. The Morgan fingerprint density at radius 1 is 1.36 bits per heavy atom. The second kappa shape index (κ2) is 8.48. The van der Waals surface area contributed by atoms with Crippen LogP contribution in [-0.4, -0.2) is 29.3 Å². The lowest BCUT2D eigenvalue weighted by Gasteiger charge is -2.26. The van der Waals surface area contributed by atoms with Crippen LogP contribution < -0.4 is 10.6 Å². The van der Waals surface area contributed by atoms with Crippen molar-refractivity contribution >= 4 is 17.4 Å². The largest absolute Gasteiger partial charge is 0.444 e. The van der Waals surface area contributed by atoms with Crippen LogP contribution in [-0.2, 0) is 4.74 Å². The SMILES string of the molecule is CC(C)CC(CNC(=O)OC(C)(C)C)NC(C)c1cncs1. The van der Waals surface area contributed by atoms with E-state index in [9.17, 15) is 4.79 Å². The van der Waals surface area contributed by atoms with Crippen molar-refractivity contribution in [3.05, 3.63) is 16.6 Å². The summed E-state index contributed by atoms with van der Waals surface area (Å²) in [5.41, 5.74) is 1.37. The van der Waals surface area contributed by atoms with Crippen molar-refractivity contribution in [2.75, 3.05) is 6.54 Å². The van der Waals surface area contributed by atoms with Gasteiger partial charge in [-0.2, -0.15) is 0 Å². The Morgan fingerprint density at radius 3 is 2.55 bits per heavy atom. The minimum absolute atomic E-state index is 0.199. The molecule has 0 aromatic carbocycles. The maximum atomic E-state index is 11.8. The van der Waals surface area contributed by atoms with Gasteiger partial charge in [-0.05, 0) is 40.0 Å². The van der Waals surface area contributed by atoms with E-state index in [-0.39, 0.29) is 18.2 Å². The minimum atomic E-state index is -0.471. The number of thiazole rings is 1. The number of nitrogens with zero attached hydrogens (tertiary/aromatic N) is 1. The number of hydrogen-bond acceptors (Lipinski definition) is 5. The van der Waals surface area contributed by atoms with Crippen LogP contribution in [0.5, 0.6) is 0 Å². The van der Waals surface area contributed by atoms with Crippen molar-refractivity contribution in [2.24, 2.45) is 5.92 Å². The molecule has 1 aromatic rings. The van der Waals surface area contributed by atoms with Crippen molar-refractivity contribution in [3.8, 4) is 0 Å². The number of carbonyl (C=O) groups is 1. The zero-order valence-corrected chi connectivity index (χ0v) is 15.3. The molecule has 2 unspecified atom stereocenters. The highest BCUT2D eigenvalue weighted by atomic mass is 32.1. The van der Waals surface area contributed by atoms with Crippen molar-refractivity contribution in [2.45, 2.75) is 65.6 Å². The van der Waals surface area contributed by atoms with Crippen LogP contribution in [0.3, 0.4) is 0 Å². The highest BCUT2D eigenvalue weighted by Gasteiger charge is 2.19. The van der Waals surface area contributed by atoms with Gasteiger partial charge in [0.2, 0.25) is 0 Å². The van der Waals surface area contributed by atoms with Gasteiger partial charge in [-0.15, -0.1) is 11.3 Å². The van der Waals surface area contributed by atoms with Crippen LogP contribution in [0.25, 0.3) is 0 Å². The number of amides is 1. The van der Waals surface area contributed by atoms with Crippen molar-refractivity contribution in [1.82, 2.24) is 15.6 Å². The number of hydrogen-bond donors (Lipinski definition) is 2. The first kappa shape index (κ1) is 18.9.